The third-order valence-electron chi connectivity index (χ3n) is 3.39. The maximum absolute atomic E-state index is 12.8. The van der Waals surface area contributed by atoms with Gasteiger partial charge in [0, 0.05) is 13.0 Å². The molecule has 1 amide bonds. The second-order valence-electron chi connectivity index (χ2n) is 5.02. The average Bonchev–Trinajstić information content (AvgIpc) is 3.01. The highest BCUT2D eigenvalue weighted by Gasteiger charge is 2.31. The molecule has 0 fully saturated rings. The summed E-state index contributed by atoms with van der Waals surface area (Å²) in [5, 5.41) is 1.69. The molecule has 0 saturated carbocycles. The molecule has 1 aromatic heterocycles. The van der Waals surface area contributed by atoms with Crippen molar-refractivity contribution in [2.75, 3.05) is 6.54 Å². The van der Waals surface area contributed by atoms with Crippen molar-refractivity contribution in [3.63, 3.8) is 0 Å². The molecule has 0 aliphatic carbocycles. The summed E-state index contributed by atoms with van der Waals surface area (Å²) in [4.78, 5) is 11.7. The molecule has 0 unspecified atom stereocenters. The van der Waals surface area contributed by atoms with Crippen LogP contribution in [0.3, 0.4) is 0 Å². The highest BCUT2D eigenvalue weighted by Crippen LogP contribution is 2.29. The van der Waals surface area contributed by atoms with Crippen LogP contribution < -0.4 is 5.32 Å². The Labute approximate surface area is 130 Å². The van der Waals surface area contributed by atoms with Crippen LogP contribution in [-0.4, -0.2) is 20.9 Å². The summed E-state index contributed by atoms with van der Waals surface area (Å²) in [5.74, 6) is 0.118. The summed E-state index contributed by atoms with van der Waals surface area (Å²) in [6.07, 6.45) is 1.73. The summed E-state index contributed by atoms with van der Waals surface area (Å²) in [7, 11) is -3.65. The van der Waals surface area contributed by atoms with E-state index in [2.05, 4.69) is 5.32 Å². The van der Waals surface area contributed by atoms with Crippen molar-refractivity contribution in [2.45, 2.75) is 30.4 Å². The minimum absolute atomic E-state index is 0.0175. The fourth-order valence-corrected chi connectivity index (χ4v) is 3.65. The Morgan fingerprint density at radius 3 is 2.45 bits per heavy atom. The number of amides is 1. The third-order valence-corrected chi connectivity index (χ3v) is 5.47. The first-order chi connectivity index (χ1) is 10.4. The molecule has 22 heavy (non-hydrogen) atoms. The number of carbonyl (C=O) groups is 1. The quantitative estimate of drug-likeness (QED) is 0.887. The van der Waals surface area contributed by atoms with Gasteiger partial charge in [0.2, 0.25) is 5.91 Å². The van der Waals surface area contributed by atoms with E-state index in [1.807, 2.05) is 6.92 Å². The molecule has 1 N–H and O–H groups in total. The Morgan fingerprint density at radius 2 is 1.91 bits per heavy atom. The molecule has 1 atom stereocenters. The van der Waals surface area contributed by atoms with Crippen molar-refractivity contribution in [3.05, 3.63) is 54.0 Å². The van der Waals surface area contributed by atoms with Crippen molar-refractivity contribution in [1.82, 2.24) is 5.32 Å². The number of aryl methyl sites for hydroxylation is 1. The van der Waals surface area contributed by atoms with Gasteiger partial charge in [0.05, 0.1) is 11.2 Å². The maximum atomic E-state index is 12.8. The maximum Gasteiger partial charge on any atom is 0.219 e. The summed E-state index contributed by atoms with van der Waals surface area (Å²) in [6, 6.07) is 9.88. The molecular formula is C16H19NO4S. The monoisotopic (exact) mass is 321 g/mol. The Bertz CT molecular complexity index is 718. The van der Waals surface area contributed by atoms with Gasteiger partial charge in [-0.25, -0.2) is 8.42 Å². The molecule has 0 saturated heterocycles. The first-order valence-corrected chi connectivity index (χ1v) is 8.60. The van der Waals surface area contributed by atoms with Gasteiger partial charge < -0.3 is 9.73 Å². The van der Waals surface area contributed by atoms with Crippen LogP contribution in [-0.2, 0) is 14.6 Å². The Hall–Kier alpha value is -2.08. The number of furan rings is 1. The second-order valence-corrected chi connectivity index (χ2v) is 7.15. The number of benzene rings is 1. The first kappa shape index (κ1) is 16.3. The van der Waals surface area contributed by atoms with E-state index >= 15 is 0 Å². The van der Waals surface area contributed by atoms with Crippen LogP contribution in [0.4, 0.5) is 0 Å². The van der Waals surface area contributed by atoms with Crippen LogP contribution in [0.2, 0.25) is 0 Å². The lowest BCUT2D eigenvalue weighted by atomic mass is 10.2. The van der Waals surface area contributed by atoms with Crippen LogP contribution in [0, 0.1) is 6.92 Å². The fourth-order valence-electron chi connectivity index (χ4n) is 2.06. The zero-order valence-corrected chi connectivity index (χ0v) is 13.4. The molecule has 1 heterocycles. The van der Waals surface area contributed by atoms with Gasteiger partial charge in [-0.05, 0) is 31.2 Å². The Morgan fingerprint density at radius 1 is 1.23 bits per heavy atom. The van der Waals surface area contributed by atoms with Crippen LogP contribution in [0.5, 0.6) is 0 Å². The summed E-state index contributed by atoms with van der Waals surface area (Å²) < 4.78 is 30.9. The highest BCUT2D eigenvalue weighted by atomic mass is 32.2. The van der Waals surface area contributed by atoms with Gasteiger partial charge in [0.1, 0.15) is 11.0 Å². The van der Waals surface area contributed by atoms with E-state index < -0.39 is 15.1 Å². The van der Waals surface area contributed by atoms with Crippen LogP contribution in [0.1, 0.15) is 29.9 Å². The van der Waals surface area contributed by atoms with E-state index in [0.29, 0.717) is 12.2 Å². The molecule has 0 spiro atoms. The van der Waals surface area contributed by atoms with Gasteiger partial charge in [-0.2, -0.15) is 0 Å². The molecular weight excluding hydrogens is 302 g/mol. The number of nitrogens with one attached hydrogen (secondary N) is 1. The average molecular weight is 321 g/mol. The van der Waals surface area contributed by atoms with E-state index in [1.165, 1.54) is 6.26 Å². The molecule has 1 aromatic carbocycles. The topological polar surface area (TPSA) is 76.4 Å². The van der Waals surface area contributed by atoms with E-state index in [1.54, 1.807) is 43.3 Å². The predicted molar refractivity (Wildman–Crippen MR) is 83.1 cm³/mol. The number of hydrogen-bond donors (Lipinski definition) is 1. The lowest BCUT2D eigenvalue weighted by molar-refractivity contribution is -0.120. The lowest BCUT2D eigenvalue weighted by Crippen LogP contribution is -2.31. The first-order valence-electron chi connectivity index (χ1n) is 7.05. The SMILES string of the molecule is CCC(=O)NC[C@H](c1ccco1)S(=O)(=O)c1ccc(C)cc1. The standard InChI is InChI=1S/C16H19NO4S/c1-3-16(18)17-11-15(14-5-4-10-21-14)22(19,20)13-8-6-12(2)7-9-13/h4-10,15H,3,11H2,1-2H3,(H,17,18)/t15-/m1/s1. The van der Waals surface area contributed by atoms with Crippen molar-refractivity contribution in [1.29, 1.82) is 0 Å². The van der Waals surface area contributed by atoms with E-state index in [4.69, 9.17) is 4.42 Å². The van der Waals surface area contributed by atoms with Gasteiger partial charge in [0.25, 0.3) is 0 Å². The molecule has 0 bridgehead atoms. The summed E-state index contributed by atoms with van der Waals surface area (Å²) in [6.45, 7) is 3.59. The zero-order chi connectivity index (χ0) is 16.2. The minimum Gasteiger partial charge on any atom is -0.468 e. The van der Waals surface area contributed by atoms with Gasteiger partial charge in [-0.15, -0.1) is 0 Å². The van der Waals surface area contributed by atoms with Gasteiger partial charge >= 0.3 is 0 Å². The van der Waals surface area contributed by atoms with Crippen molar-refractivity contribution < 1.29 is 17.6 Å². The van der Waals surface area contributed by atoms with Gasteiger partial charge in [0.15, 0.2) is 9.84 Å². The van der Waals surface area contributed by atoms with Gasteiger partial charge in [-0.3, -0.25) is 4.79 Å². The molecule has 0 aliphatic rings. The molecule has 0 aliphatic heterocycles. The van der Waals surface area contributed by atoms with E-state index in [-0.39, 0.29) is 17.3 Å². The van der Waals surface area contributed by atoms with E-state index in [0.717, 1.165) is 5.56 Å². The molecule has 118 valence electrons. The largest absolute Gasteiger partial charge is 0.468 e. The highest BCUT2D eigenvalue weighted by molar-refractivity contribution is 7.91. The van der Waals surface area contributed by atoms with Crippen LogP contribution in [0.15, 0.2) is 52.0 Å². The van der Waals surface area contributed by atoms with Crippen molar-refractivity contribution in [2.24, 2.45) is 0 Å². The molecule has 2 aromatic rings. The smallest absolute Gasteiger partial charge is 0.219 e. The molecule has 6 heteroatoms. The number of hydrogen-bond acceptors (Lipinski definition) is 4. The third kappa shape index (κ3) is 3.57. The summed E-state index contributed by atoms with van der Waals surface area (Å²) >= 11 is 0. The Kier molecular flexibility index (Phi) is 5.03. The zero-order valence-electron chi connectivity index (χ0n) is 12.6. The number of sulfone groups is 1. The van der Waals surface area contributed by atoms with Crippen molar-refractivity contribution in [3.8, 4) is 0 Å². The number of rotatable bonds is 6. The van der Waals surface area contributed by atoms with Crippen LogP contribution >= 0.6 is 0 Å². The molecule has 2 rings (SSSR count). The molecule has 0 radical (unpaired) electrons. The second kappa shape index (κ2) is 6.79. The van der Waals surface area contributed by atoms with E-state index in [9.17, 15) is 13.2 Å². The normalized spacial score (nSPS) is 12.8. The minimum atomic E-state index is -3.65. The van der Waals surface area contributed by atoms with Crippen LogP contribution in [0.25, 0.3) is 0 Å². The Balaban J connectivity index is 2.35. The summed E-state index contributed by atoms with van der Waals surface area (Å²) in [5.41, 5.74) is 0.979. The van der Waals surface area contributed by atoms with Gasteiger partial charge in [-0.1, -0.05) is 24.6 Å². The lowest BCUT2D eigenvalue weighted by Gasteiger charge is -2.16. The predicted octanol–water partition coefficient (Wildman–Crippen LogP) is 2.63. The fraction of sp³-hybridized carbons (Fsp3) is 0.312. The van der Waals surface area contributed by atoms with Crippen molar-refractivity contribution >= 4 is 15.7 Å². The number of carbonyl (C=O) groups excluding carboxylic acids is 1. The molecule has 5 nitrogen and oxygen atoms in total.